The first-order chi connectivity index (χ1) is 15.6. The van der Waals surface area contributed by atoms with Gasteiger partial charge in [-0.05, 0) is 56.7 Å². The molecule has 0 atom stereocenters. The number of methoxy groups -OCH3 is 1. The van der Waals surface area contributed by atoms with Gasteiger partial charge >= 0.3 is 0 Å². The minimum absolute atomic E-state index is 0.00257. The zero-order chi connectivity index (χ0) is 24.2. The van der Waals surface area contributed by atoms with Crippen molar-refractivity contribution in [2.45, 2.75) is 38.5 Å². The summed E-state index contributed by atoms with van der Waals surface area (Å²) in [5, 5.41) is 2.69. The van der Waals surface area contributed by atoms with Gasteiger partial charge in [-0.15, -0.1) is 11.3 Å². The summed E-state index contributed by atoms with van der Waals surface area (Å²) in [6, 6.07) is 13.2. The number of ether oxygens (including phenoxy) is 1. The van der Waals surface area contributed by atoms with E-state index < -0.39 is 10.0 Å². The molecule has 0 fully saturated rings. The molecule has 0 unspecified atom stereocenters. The molecule has 9 heteroatoms. The van der Waals surface area contributed by atoms with Gasteiger partial charge in [0.15, 0.2) is 5.78 Å². The number of rotatable bonds is 9. The summed E-state index contributed by atoms with van der Waals surface area (Å²) in [6.07, 6.45) is 0.0812. The highest BCUT2D eigenvalue weighted by molar-refractivity contribution is 7.92. The maximum absolute atomic E-state index is 13.0. The van der Waals surface area contributed by atoms with Gasteiger partial charge in [0.25, 0.3) is 10.0 Å². The molecule has 0 radical (unpaired) electrons. The van der Waals surface area contributed by atoms with E-state index in [4.69, 9.17) is 4.74 Å². The van der Waals surface area contributed by atoms with E-state index in [1.54, 1.807) is 54.7 Å². The third kappa shape index (κ3) is 6.00. The highest BCUT2D eigenvalue weighted by atomic mass is 32.2. The number of amides is 1. The Morgan fingerprint density at radius 1 is 1.00 bits per heavy atom. The first kappa shape index (κ1) is 24.5. The summed E-state index contributed by atoms with van der Waals surface area (Å²) in [6.45, 7) is 5.50. The summed E-state index contributed by atoms with van der Waals surface area (Å²) in [7, 11) is -2.47. The first-order valence-electron chi connectivity index (χ1n) is 10.3. The van der Waals surface area contributed by atoms with Crippen LogP contribution in [0.3, 0.4) is 0 Å². The van der Waals surface area contributed by atoms with Crippen LogP contribution in [0.1, 0.15) is 38.5 Å². The predicted molar refractivity (Wildman–Crippen MR) is 131 cm³/mol. The van der Waals surface area contributed by atoms with Crippen LogP contribution in [-0.4, -0.2) is 27.2 Å². The van der Waals surface area contributed by atoms with E-state index in [0.29, 0.717) is 28.3 Å². The Bertz CT molecular complexity index is 1300. The van der Waals surface area contributed by atoms with Crippen LogP contribution in [-0.2, 0) is 14.8 Å². The Kier molecular flexibility index (Phi) is 7.55. The van der Waals surface area contributed by atoms with Crippen LogP contribution in [0.15, 0.2) is 53.4 Å². The summed E-state index contributed by atoms with van der Waals surface area (Å²) >= 11 is 1.55. The van der Waals surface area contributed by atoms with Crippen LogP contribution < -0.4 is 14.8 Å². The lowest BCUT2D eigenvalue weighted by Gasteiger charge is -2.14. The van der Waals surface area contributed by atoms with E-state index in [-0.39, 0.29) is 29.4 Å². The predicted octanol–water partition coefficient (Wildman–Crippen LogP) is 5.08. The van der Waals surface area contributed by atoms with Crippen molar-refractivity contribution in [3.8, 4) is 5.75 Å². The zero-order valence-electron chi connectivity index (χ0n) is 18.9. The highest BCUT2D eigenvalue weighted by Crippen LogP contribution is 2.28. The molecule has 0 aliphatic rings. The fourth-order valence-corrected chi connectivity index (χ4v) is 5.67. The quantitative estimate of drug-likeness (QED) is 0.411. The Morgan fingerprint density at radius 2 is 1.73 bits per heavy atom. The van der Waals surface area contributed by atoms with Gasteiger partial charge in [0, 0.05) is 33.8 Å². The van der Waals surface area contributed by atoms with Crippen molar-refractivity contribution < 1.29 is 22.7 Å². The van der Waals surface area contributed by atoms with Crippen LogP contribution >= 0.6 is 11.3 Å². The van der Waals surface area contributed by atoms with Crippen molar-refractivity contribution in [3.63, 3.8) is 0 Å². The van der Waals surface area contributed by atoms with Crippen molar-refractivity contribution >= 4 is 44.4 Å². The SMILES string of the molecule is COc1ccccc1NS(=O)(=O)c1cc(NC(=O)CCC(=O)c2cc(C)sc2C)ccc1C. The monoisotopic (exact) mass is 486 g/mol. The van der Waals surface area contributed by atoms with Crippen LogP contribution in [0.25, 0.3) is 0 Å². The molecule has 1 heterocycles. The lowest BCUT2D eigenvalue weighted by molar-refractivity contribution is -0.116. The Balaban J connectivity index is 1.71. The fourth-order valence-electron chi connectivity index (χ4n) is 3.39. The summed E-state index contributed by atoms with van der Waals surface area (Å²) in [4.78, 5) is 26.9. The molecule has 3 aromatic rings. The van der Waals surface area contributed by atoms with E-state index >= 15 is 0 Å². The number of aryl methyl sites for hydroxylation is 3. The van der Waals surface area contributed by atoms with E-state index in [9.17, 15) is 18.0 Å². The molecular weight excluding hydrogens is 460 g/mol. The molecule has 7 nitrogen and oxygen atoms in total. The van der Waals surface area contributed by atoms with Gasteiger partial charge in [-0.3, -0.25) is 14.3 Å². The Morgan fingerprint density at radius 3 is 2.39 bits per heavy atom. The minimum Gasteiger partial charge on any atom is -0.495 e. The molecule has 0 aliphatic heterocycles. The molecule has 0 spiro atoms. The van der Waals surface area contributed by atoms with E-state index in [2.05, 4.69) is 10.0 Å². The number of thiophene rings is 1. The third-order valence-corrected chi connectivity index (χ3v) is 7.51. The maximum Gasteiger partial charge on any atom is 0.262 e. The van der Waals surface area contributed by atoms with E-state index in [1.165, 1.54) is 13.2 Å². The maximum atomic E-state index is 13.0. The molecule has 1 amide bonds. The summed E-state index contributed by atoms with van der Waals surface area (Å²) < 4.78 is 33.8. The molecule has 2 aromatic carbocycles. The Hall–Kier alpha value is -3.17. The second kappa shape index (κ2) is 10.2. The standard InChI is InChI=1S/C24H26N2O5S2/c1-15-9-10-18(25-24(28)12-11-21(27)19-13-16(2)32-17(19)3)14-23(15)33(29,30)26-20-7-5-6-8-22(20)31-4/h5-10,13-14,26H,11-12H2,1-4H3,(H,25,28). The average molecular weight is 487 g/mol. The molecule has 1 aromatic heterocycles. The number of nitrogens with one attached hydrogen (secondary N) is 2. The number of hydrogen-bond donors (Lipinski definition) is 2. The van der Waals surface area contributed by atoms with E-state index in [0.717, 1.165) is 9.75 Å². The van der Waals surface area contributed by atoms with Crippen molar-refractivity contribution in [1.29, 1.82) is 0 Å². The number of anilines is 2. The zero-order valence-corrected chi connectivity index (χ0v) is 20.5. The summed E-state index contributed by atoms with van der Waals surface area (Å²) in [5.41, 5.74) is 1.82. The van der Waals surface area contributed by atoms with Crippen molar-refractivity contribution in [2.75, 3.05) is 17.1 Å². The van der Waals surface area contributed by atoms with Gasteiger partial charge in [0.1, 0.15) is 5.75 Å². The molecule has 33 heavy (non-hydrogen) atoms. The topological polar surface area (TPSA) is 102 Å². The van der Waals surface area contributed by atoms with E-state index in [1.807, 2.05) is 19.9 Å². The molecule has 3 rings (SSSR count). The molecular formula is C24H26N2O5S2. The second-order valence-corrected chi connectivity index (χ2v) is 10.7. The number of Topliss-reactive ketones (excluding diaryl/α,β-unsaturated/α-hetero) is 1. The smallest absolute Gasteiger partial charge is 0.262 e. The van der Waals surface area contributed by atoms with Gasteiger partial charge < -0.3 is 10.1 Å². The number of ketones is 1. The number of sulfonamides is 1. The van der Waals surface area contributed by atoms with Gasteiger partial charge in [0.05, 0.1) is 17.7 Å². The summed E-state index contributed by atoms with van der Waals surface area (Å²) in [5.74, 6) is -0.0538. The first-order valence-corrected chi connectivity index (χ1v) is 12.6. The molecule has 0 saturated heterocycles. The third-order valence-electron chi connectivity index (χ3n) is 5.03. The second-order valence-electron chi connectivity index (χ2n) is 7.58. The number of hydrogen-bond acceptors (Lipinski definition) is 6. The fraction of sp³-hybridized carbons (Fsp3) is 0.250. The largest absolute Gasteiger partial charge is 0.495 e. The molecule has 2 N–H and O–H groups in total. The molecule has 174 valence electrons. The van der Waals surface area contributed by atoms with Crippen molar-refractivity contribution in [1.82, 2.24) is 0 Å². The van der Waals surface area contributed by atoms with Gasteiger partial charge in [-0.1, -0.05) is 18.2 Å². The number of para-hydroxylation sites is 2. The Labute approximate surface area is 197 Å². The van der Waals surface area contributed by atoms with Crippen molar-refractivity contribution in [3.05, 3.63) is 69.4 Å². The van der Waals surface area contributed by atoms with Gasteiger partial charge in [-0.25, -0.2) is 8.42 Å². The van der Waals surface area contributed by atoms with Crippen LogP contribution in [0.4, 0.5) is 11.4 Å². The van der Waals surface area contributed by atoms with Crippen LogP contribution in [0, 0.1) is 20.8 Å². The minimum atomic E-state index is -3.93. The molecule has 0 aliphatic carbocycles. The molecule has 0 saturated carbocycles. The number of carbonyl (C=O) groups is 2. The van der Waals surface area contributed by atoms with Crippen LogP contribution in [0.2, 0.25) is 0 Å². The van der Waals surface area contributed by atoms with Gasteiger partial charge in [-0.2, -0.15) is 0 Å². The lowest BCUT2D eigenvalue weighted by Crippen LogP contribution is -2.17. The molecule has 0 bridgehead atoms. The lowest BCUT2D eigenvalue weighted by atomic mass is 10.1. The van der Waals surface area contributed by atoms with Gasteiger partial charge in [0.2, 0.25) is 5.91 Å². The normalized spacial score (nSPS) is 11.2. The average Bonchev–Trinajstić information content (AvgIpc) is 3.11. The number of benzene rings is 2. The number of carbonyl (C=O) groups excluding carboxylic acids is 2. The van der Waals surface area contributed by atoms with Crippen molar-refractivity contribution in [2.24, 2.45) is 0 Å². The highest BCUT2D eigenvalue weighted by Gasteiger charge is 2.20. The van der Waals surface area contributed by atoms with Crippen LogP contribution in [0.5, 0.6) is 5.75 Å².